The summed E-state index contributed by atoms with van der Waals surface area (Å²) in [6, 6.07) is 1.88. The maximum Gasteiger partial charge on any atom is 0.141 e. The molecule has 0 unspecified atom stereocenters. The zero-order valence-corrected chi connectivity index (χ0v) is 10.1. The molecule has 1 N–H and O–H groups in total. The molecule has 1 aromatic carbocycles. The van der Waals surface area contributed by atoms with Crippen molar-refractivity contribution in [2.24, 2.45) is 0 Å². The standard InChI is InChI=1S/C13H15ClO2/c1-8-9-3-2-6-16-12(9)11(14)7-10(8)13(15)4-5-13/h7,15H,2-6H2,1H3. The lowest BCUT2D eigenvalue weighted by Gasteiger charge is -2.24. The van der Waals surface area contributed by atoms with Gasteiger partial charge in [0.25, 0.3) is 0 Å². The Morgan fingerprint density at radius 2 is 2.19 bits per heavy atom. The van der Waals surface area contributed by atoms with Crippen molar-refractivity contribution >= 4 is 11.6 Å². The number of aliphatic hydroxyl groups is 1. The fourth-order valence-corrected chi connectivity index (χ4v) is 2.81. The van der Waals surface area contributed by atoms with Gasteiger partial charge in [-0.15, -0.1) is 0 Å². The van der Waals surface area contributed by atoms with Crippen molar-refractivity contribution in [1.29, 1.82) is 0 Å². The van der Waals surface area contributed by atoms with Crippen molar-refractivity contribution in [1.82, 2.24) is 0 Å². The van der Waals surface area contributed by atoms with Crippen molar-refractivity contribution in [2.75, 3.05) is 6.61 Å². The molecule has 1 fully saturated rings. The van der Waals surface area contributed by atoms with Crippen molar-refractivity contribution in [2.45, 2.75) is 38.2 Å². The number of halogens is 1. The number of hydrogen-bond donors (Lipinski definition) is 1. The Balaban J connectivity index is 2.18. The minimum Gasteiger partial charge on any atom is -0.492 e. The van der Waals surface area contributed by atoms with Gasteiger partial charge in [0.2, 0.25) is 0 Å². The molecule has 0 bridgehead atoms. The van der Waals surface area contributed by atoms with Gasteiger partial charge in [-0.3, -0.25) is 0 Å². The van der Waals surface area contributed by atoms with Crippen LogP contribution in [0, 0.1) is 6.92 Å². The molecule has 86 valence electrons. The zero-order valence-electron chi connectivity index (χ0n) is 9.35. The van der Waals surface area contributed by atoms with E-state index in [4.69, 9.17) is 16.3 Å². The summed E-state index contributed by atoms with van der Waals surface area (Å²) in [7, 11) is 0. The van der Waals surface area contributed by atoms with Crippen LogP contribution in [0.2, 0.25) is 5.02 Å². The number of hydrogen-bond acceptors (Lipinski definition) is 2. The largest absolute Gasteiger partial charge is 0.492 e. The van der Waals surface area contributed by atoms with Gasteiger partial charge >= 0.3 is 0 Å². The van der Waals surface area contributed by atoms with Crippen molar-refractivity contribution in [3.63, 3.8) is 0 Å². The molecule has 1 aliphatic heterocycles. The van der Waals surface area contributed by atoms with Gasteiger partial charge in [0.15, 0.2) is 0 Å². The van der Waals surface area contributed by atoms with Crippen LogP contribution in [0.15, 0.2) is 6.07 Å². The molecule has 16 heavy (non-hydrogen) atoms. The van der Waals surface area contributed by atoms with Gasteiger partial charge in [-0.2, -0.15) is 0 Å². The van der Waals surface area contributed by atoms with Gasteiger partial charge in [0.05, 0.1) is 17.2 Å². The Kier molecular flexibility index (Phi) is 2.20. The molecule has 3 heteroatoms. The third kappa shape index (κ3) is 1.44. The molecule has 1 aliphatic carbocycles. The van der Waals surface area contributed by atoms with Gasteiger partial charge < -0.3 is 9.84 Å². The normalized spacial score (nSPS) is 21.2. The molecule has 0 atom stereocenters. The summed E-state index contributed by atoms with van der Waals surface area (Å²) in [5, 5.41) is 10.9. The van der Waals surface area contributed by atoms with E-state index in [1.54, 1.807) is 0 Å². The molecule has 2 nitrogen and oxygen atoms in total. The summed E-state index contributed by atoms with van der Waals surface area (Å²) in [5.41, 5.74) is 2.75. The van der Waals surface area contributed by atoms with Crippen LogP contribution in [-0.4, -0.2) is 11.7 Å². The highest BCUT2D eigenvalue weighted by Crippen LogP contribution is 2.50. The number of ether oxygens (including phenoxy) is 1. The van der Waals surface area contributed by atoms with Crippen LogP contribution < -0.4 is 4.74 Å². The summed E-state index contributed by atoms with van der Waals surface area (Å²) in [5.74, 6) is 0.832. The van der Waals surface area contributed by atoms with Crippen molar-refractivity contribution in [3.05, 3.63) is 27.8 Å². The number of rotatable bonds is 1. The molecule has 0 amide bonds. The Morgan fingerprint density at radius 1 is 1.44 bits per heavy atom. The highest BCUT2D eigenvalue weighted by atomic mass is 35.5. The lowest BCUT2D eigenvalue weighted by atomic mass is 9.92. The summed E-state index contributed by atoms with van der Waals surface area (Å²) >= 11 is 6.22. The van der Waals surface area contributed by atoms with E-state index in [2.05, 4.69) is 6.92 Å². The van der Waals surface area contributed by atoms with E-state index < -0.39 is 5.60 Å². The van der Waals surface area contributed by atoms with Crippen molar-refractivity contribution < 1.29 is 9.84 Å². The van der Waals surface area contributed by atoms with E-state index >= 15 is 0 Å². The lowest BCUT2D eigenvalue weighted by Crippen LogP contribution is -2.15. The number of benzene rings is 1. The predicted octanol–water partition coefficient (Wildman–Crippen LogP) is 2.95. The fourth-order valence-electron chi connectivity index (χ4n) is 2.53. The SMILES string of the molecule is Cc1c(C2(O)CC2)cc(Cl)c2c1CCCO2. The zero-order chi connectivity index (χ0) is 11.3. The van der Waals surface area contributed by atoms with Crippen LogP contribution in [0.3, 0.4) is 0 Å². The fraction of sp³-hybridized carbons (Fsp3) is 0.538. The van der Waals surface area contributed by atoms with E-state index in [0.717, 1.165) is 43.6 Å². The Labute approximate surface area is 100 Å². The minimum absolute atomic E-state index is 0.611. The second kappa shape index (κ2) is 3.38. The molecular weight excluding hydrogens is 224 g/mol. The molecule has 1 saturated carbocycles. The molecule has 1 heterocycles. The second-order valence-corrected chi connectivity index (χ2v) is 5.23. The Morgan fingerprint density at radius 3 is 2.88 bits per heavy atom. The van der Waals surface area contributed by atoms with Crippen LogP contribution in [0.25, 0.3) is 0 Å². The van der Waals surface area contributed by atoms with Crippen LogP contribution in [-0.2, 0) is 12.0 Å². The molecular formula is C13H15ClO2. The molecule has 0 spiro atoms. The van der Waals surface area contributed by atoms with Crippen LogP contribution >= 0.6 is 11.6 Å². The number of fused-ring (bicyclic) bond motifs is 1. The second-order valence-electron chi connectivity index (χ2n) is 4.82. The van der Waals surface area contributed by atoms with E-state index in [-0.39, 0.29) is 0 Å². The van der Waals surface area contributed by atoms with Gasteiger partial charge in [0.1, 0.15) is 5.75 Å². The Bertz CT molecular complexity index is 450. The average molecular weight is 239 g/mol. The topological polar surface area (TPSA) is 29.5 Å². The molecule has 0 radical (unpaired) electrons. The first kappa shape index (κ1) is 10.4. The van der Waals surface area contributed by atoms with Gasteiger partial charge in [-0.05, 0) is 55.4 Å². The van der Waals surface area contributed by atoms with Gasteiger partial charge in [-0.25, -0.2) is 0 Å². The van der Waals surface area contributed by atoms with Crippen LogP contribution in [0.5, 0.6) is 5.75 Å². The monoisotopic (exact) mass is 238 g/mol. The quantitative estimate of drug-likeness (QED) is 0.815. The van der Waals surface area contributed by atoms with Crippen LogP contribution in [0.1, 0.15) is 36.0 Å². The predicted molar refractivity (Wildman–Crippen MR) is 63.1 cm³/mol. The third-order valence-corrected chi connectivity index (χ3v) is 3.94. The van der Waals surface area contributed by atoms with Crippen molar-refractivity contribution in [3.8, 4) is 5.75 Å². The summed E-state index contributed by atoms with van der Waals surface area (Å²) in [4.78, 5) is 0. The molecule has 1 aromatic rings. The highest BCUT2D eigenvalue weighted by molar-refractivity contribution is 6.32. The summed E-state index contributed by atoms with van der Waals surface area (Å²) in [6.07, 6.45) is 3.74. The first-order valence-corrected chi connectivity index (χ1v) is 6.17. The molecule has 0 aromatic heterocycles. The highest BCUT2D eigenvalue weighted by Gasteiger charge is 2.44. The summed E-state index contributed by atoms with van der Waals surface area (Å²) < 4.78 is 5.61. The maximum atomic E-state index is 10.2. The lowest BCUT2D eigenvalue weighted by molar-refractivity contribution is 0.150. The maximum absolute atomic E-state index is 10.2. The molecule has 0 saturated heterocycles. The average Bonchev–Trinajstić information content (AvgIpc) is 3.03. The third-order valence-electron chi connectivity index (χ3n) is 3.66. The van der Waals surface area contributed by atoms with Gasteiger partial charge in [-0.1, -0.05) is 11.6 Å². The molecule has 3 rings (SSSR count). The van der Waals surface area contributed by atoms with E-state index in [1.165, 1.54) is 11.1 Å². The first-order chi connectivity index (χ1) is 7.62. The molecule has 2 aliphatic rings. The van der Waals surface area contributed by atoms with E-state index in [9.17, 15) is 5.11 Å². The van der Waals surface area contributed by atoms with E-state index in [0.29, 0.717) is 5.02 Å². The smallest absolute Gasteiger partial charge is 0.141 e. The van der Waals surface area contributed by atoms with Crippen LogP contribution in [0.4, 0.5) is 0 Å². The van der Waals surface area contributed by atoms with E-state index in [1.807, 2.05) is 6.07 Å². The Hall–Kier alpha value is -0.730. The summed E-state index contributed by atoms with van der Waals surface area (Å²) in [6.45, 7) is 2.81. The first-order valence-electron chi connectivity index (χ1n) is 5.79. The van der Waals surface area contributed by atoms with Gasteiger partial charge in [0, 0.05) is 0 Å². The minimum atomic E-state index is -0.611.